The SMILES string of the molecule is COC(=O)N1CCCN(C(=O)C2CCCN(C(=O)c3cccs3)C2)CC1. The van der Waals surface area contributed by atoms with Gasteiger partial charge in [-0.3, -0.25) is 9.59 Å². The molecule has 7 nitrogen and oxygen atoms in total. The van der Waals surface area contributed by atoms with Gasteiger partial charge in [-0.2, -0.15) is 0 Å². The van der Waals surface area contributed by atoms with Crippen LogP contribution in [0.25, 0.3) is 0 Å². The summed E-state index contributed by atoms with van der Waals surface area (Å²) in [6.07, 6.45) is 2.05. The average Bonchev–Trinajstić information content (AvgIpc) is 3.11. The maximum absolute atomic E-state index is 13.0. The molecular weight excluding hydrogens is 354 g/mol. The maximum atomic E-state index is 13.0. The predicted octanol–water partition coefficient (Wildman–Crippen LogP) is 1.90. The molecule has 2 saturated heterocycles. The first-order valence-corrected chi connectivity index (χ1v) is 9.92. The van der Waals surface area contributed by atoms with Crippen molar-refractivity contribution in [3.8, 4) is 0 Å². The lowest BCUT2D eigenvalue weighted by molar-refractivity contribution is -0.136. The zero-order valence-corrected chi connectivity index (χ0v) is 15.9. The first-order valence-electron chi connectivity index (χ1n) is 9.04. The number of carbonyl (C=O) groups excluding carboxylic acids is 3. The maximum Gasteiger partial charge on any atom is 0.409 e. The number of carbonyl (C=O) groups is 3. The monoisotopic (exact) mass is 379 g/mol. The molecule has 3 heterocycles. The molecule has 0 spiro atoms. The smallest absolute Gasteiger partial charge is 0.409 e. The minimum atomic E-state index is -0.343. The number of amides is 3. The Morgan fingerprint density at radius 2 is 1.77 bits per heavy atom. The standard InChI is InChI=1S/C18H25N3O4S/c1-25-18(24)20-9-4-8-19(10-11-20)16(22)14-5-2-7-21(13-14)17(23)15-6-3-12-26-15/h3,6,12,14H,2,4-5,7-11,13H2,1H3. The van der Waals surface area contributed by atoms with Gasteiger partial charge in [-0.15, -0.1) is 11.3 Å². The number of likely N-dealkylation sites (tertiary alicyclic amines) is 1. The molecule has 1 aromatic rings. The highest BCUT2D eigenvalue weighted by atomic mass is 32.1. The van der Waals surface area contributed by atoms with Gasteiger partial charge in [0.25, 0.3) is 5.91 Å². The van der Waals surface area contributed by atoms with E-state index in [4.69, 9.17) is 4.74 Å². The van der Waals surface area contributed by atoms with Gasteiger partial charge < -0.3 is 19.4 Å². The zero-order valence-electron chi connectivity index (χ0n) is 15.1. The Balaban J connectivity index is 1.59. The van der Waals surface area contributed by atoms with Gasteiger partial charge in [-0.1, -0.05) is 6.07 Å². The van der Waals surface area contributed by atoms with Crippen LogP contribution in [0.3, 0.4) is 0 Å². The summed E-state index contributed by atoms with van der Waals surface area (Å²) in [4.78, 5) is 43.2. The summed E-state index contributed by atoms with van der Waals surface area (Å²) in [6, 6.07) is 3.70. The number of piperidine rings is 1. The van der Waals surface area contributed by atoms with Crippen LogP contribution in [0, 0.1) is 5.92 Å². The number of thiophene rings is 1. The molecule has 3 amide bonds. The minimum absolute atomic E-state index is 0.0187. The third-order valence-electron chi connectivity index (χ3n) is 5.03. The van der Waals surface area contributed by atoms with E-state index in [1.54, 1.807) is 9.80 Å². The zero-order chi connectivity index (χ0) is 18.5. The fourth-order valence-electron chi connectivity index (χ4n) is 3.63. The van der Waals surface area contributed by atoms with Crippen molar-refractivity contribution < 1.29 is 19.1 Å². The van der Waals surface area contributed by atoms with E-state index in [1.165, 1.54) is 18.4 Å². The molecule has 3 rings (SSSR count). The van der Waals surface area contributed by atoms with Gasteiger partial charge in [0.05, 0.1) is 17.9 Å². The number of methoxy groups -OCH3 is 1. The van der Waals surface area contributed by atoms with Crippen molar-refractivity contribution in [2.75, 3.05) is 46.4 Å². The molecule has 2 aliphatic rings. The minimum Gasteiger partial charge on any atom is -0.453 e. The molecule has 0 aliphatic carbocycles. The van der Waals surface area contributed by atoms with Crippen LogP contribution in [0.15, 0.2) is 17.5 Å². The van der Waals surface area contributed by atoms with E-state index < -0.39 is 0 Å². The topological polar surface area (TPSA) is 70.2 Å². The normalized spacial score (nSPS) is 21.3. The van der Waals surface area contributed by atoms with Gasteiger partial charge >= 0.3 is 6.09 Å². The van der Waals surface area contributed by atoms with Crippen molar-refractivity contribution in [2.24, 2.45) is 5.92 Å². The number of rotatable bonds is 2. The van der Waals surface area contributed by atoms with Crippen molar-refractivity contribution in [3.63, 3.8) is 0 Å². The number of hydrogen-bond acceptors (Lipinski definition) is 5. The Bertz CT molecular complexity index is 649. The molecule has 1 atom stereocenters. The third kappa shape index (κ3) is 4.17. The number of hydrogen-bond donors (Lipinski definition) is 0. The Morgan fingerprint density at radius 1 is 1.04 bits per heavy atom. The summed E-state index contributed by atoms with van der Waals surface area (Å²) < 4.78 is 4.77. The molecule has 0 radical (unpaired) electrons. The lowest BCUT2D eigenvalue weighted by atomic mass is 9.96. The summed E-state index contributed by atoms with van der Waals surface area (Å²) in [7, 11) is 1.37. The van der Waals surface area contributed by atoms with Crippen molar-refractivity contribution in [1.82, 2.24) is 14.7 Å². The molecular formula is C18H25N3O4S. The van der Waals surface area contributed by atoms with Crippen LogP contribution in [-0.4, -0.2) is 79.0 Å². The van der Waals surface area contributed by atoms with Crippen molar-refractivity contribution >= 4 is 29.2 Å². The van der Waals surface area contributed by atoms with E-state index in [0.717, 1.165) is 24.1 Å². The molecule has 2 aliphatic heterocycles. The van der Waals surface area contributed by atoms with E-state index >= 15 is 0 Å². The molecule has 0 saturated carbocycles. The molecule has 0 N–H and O–H groups in total. The summed E-state index contributed by atoms with van der Waals surface area (Å²) in [5.74, 6) is -0.0389. The molecule has 26 heavy (non-hydrogen) atoms. The molecule has 0 bridgehead atoms. The third-order valence-corrected chi connectivity index (χ3v) is 5.89. The van der Waals surface area contributed by atoms with Crippen molar-refractivity contribution in [1.29, 1.82) is 0 Å². The fraction of sp³-hybridized carbons (Fsp3) is 0.611. The van der Waals surface area contributed by atoms with Crippen LogP contribution in [0.1, 0.15) is 28.9 Å². The van der Waals surface area contributed by atoms with Crippen molar-refractivity contribution in [2.45, 2.75) is 19.3 Å². The second kappa shape index (κ2) is 8.53. The molecule has 142 valence electrons. The quantitative estimate of drug-likeness (QED) is 0.787. The van der Waals surface area contributed by atoms with E-state index in [-0.39, 0.29) is 23.8 Å². The Labute approximate surface area is 157 Å². The summed E-state index contributed by atoms with van der Waals surface area (Å²) in [6.45, 7) is 3.43. The van der Waals surface area contributed by atoms with Gasteiger partial charge in [-0.05, 0) is 30.7 Å². The molecule has 8 heteroatoms. The Morgan fingerprint density at radius 3 is 2.50 bits per heavy atom. The van der Waals surface area contributed by atoms with Gasteiger partial charge in [0.1, 0.15) is 0 Å². The summed E-state index contributed by atoms with van der Waals surface area (Å²) >= 11 is 1.43. The Hall–Kier alpha value is -2.09. The molecule has 1 unspecified atom stereocenters. The van der Waals surface area contributed by atoms with Gasteiger partial charge in [0.15, 0.2) is 0 Å². The van der Waals surface area contributed by atoms with Crippen LogP contribution in [0.2, 0.25) is 0 Å². The largest absolute Gasteiger partial charge is 0.453 e. The van der Waals surface area contributed by atoms with Crippen LogP contribution in [0.4, 0.5) is 4.79 Å². The molecule has 1 aromatic heterocycles. The van der Waals surface area contributed by atoms with Crippen LogP contribution < -0.4 is 0 Å². The highest BCUT2D eigenvalue weighted by Gasteiger charge is 2.33. The van der Waals surface area contributed by atoms with E-state index in [0.29, 0.717) is 39.3 Å². The number of ether oxygens (including phenoxy) is 1. The Kier molecular flexibility index (Phi) is 6.13. The molecule has 0 aromatic carbocycles. The summed E-state index contributed by atoms with van der Waals surface area (Å²) in [5, 5.41) is 1.89. The van der Waals surface area contributed by atoms with Crippen LogP contribution in [0.5, 0.6) is 0 Å². The first-order chi connectivity index (χ1) is 12.6. The van der Waals surface area contributed by atoms with E-state index in [2.05, 4.69) is 0 Å². The summed E-state index contributed by atoms with van der Waals surface area (Å²) in [5.41, 5.74) is 0. The van der Waals surface area contributed by atoms with Gasteiger partial charge in [0.2, 0.25) is 5.91 Å². The van der Waals surface area contributed by atoms with E-state index in [9.17, 15) is 14.4 Å². The van der Waals surface area contributed by atoms with Crippen molar-refractivity contribution in [3.05, 3.63) is 22.4 Å². The second-order valence-electron chi connectivity index (χ2n) is 6.70. The fourth-order valence-corrected chi connectivity index (χ4v) is 4.32. The van der Waals surface area contributed by atoms with Crippen LogP contribution >= 0.6 is 11.3 Å². The van der Waals surface area contributed by atoms with Crippen LogP contribution in [-0.2, 0) is 9.53 Å². The highest BCUT2D eigenvalue weighted by molar-refractivity contribution is 7.12. The van der Waals surface area contributed by atoms with E-state index in [1.807, 2.05) is 22.4 Å². The van der Waals surface area contributed by atoms with Gasteiger partial charge in [-0.25, -0.2) is 4.79 Å². The molecule has 2 fully saturated rings. The first kappa shape index (κ1) is 18.7. The number of nitrogens with zero attached hydrogens (tertiary/aromatic N) is 3. The predicted molar refractivity (Wildman–Crippen MR) is 98.1 cm³/mol. The highest BCUT2D eigenvalue weighted by Crippen LogP contribution is 2.22. The lowest BCUT2D eigenvalue weighted by Gasteiger charge is -2.34. The van der Waals surface area contributed by atoms with Gasteiger partial charge in [0, 0.05) is 39.3 Å². The second-order valence-corrected chi connectivity index (χ2v) is 7.65. The average molecular weight is 379 g/mol. The lowest BCUT2D eigenvalue weighted by Crippen LogP contribution is -2.47.